The first-order valence-corrected chi connectivity index (χ1v) is 4.80. The van der Waals surface area contributed by atoms with Crippen molar-refractivity contribution in [3.05, 3.63) is 35.1 Å². The number of Topliss-reactive ketones (excluding diaryl/α,β-unsaturated/α-hetero) is 1. The van der Waals surface area contributed by atoms with Crippen LogP contribution in [0, 0.1) is 5.82 Å². The van der Waals surface area contributed by atoms with Crippen LogP contribution in [-0.4, -0.2) is 10.6 Å². The van der Waals surface area contributed by atoms with E-state index in [2.05, 4.69) is 0 Å². The zero-order valence-electron chi connectivity index (χ0n) is 7.49. The third-order valence-electron chi connectivity index (χ3n) is 1.75. The second kappa shape index (κ2) is 4.59. The summed E-state index contributed by atoms with van der Waals surface area (Å²) >= 11 is 10.4. The van der Waals surface area contributed by atoms with Gasteiger partial charge in [0.15, 0.2) is 10.6 Å². The Hall–Kier alpha value is -0.810. The Bertz CT molecular complexity index is 414. The molecule has 1 rings (SSSR count). The van der Waals surface area contributed by atoms with Gasteiger partial charge in [0.2, 0.25) is 0 Å². The minimum absolute atomic E-state index is 0.384. The maximum absolute atomic E-state index is 12.8. The van der Waals surface area contributed by atoms with Crippen LogP contribution < -0.4 is 0 Å². The summed E-state index contributed by atoms with van der Waals surface area (Å²) in [4.78, 5) is 9.70. The Morgan fingerprint density at radius 3 is 2.25 bits per heavy atom. The van der Waals surface area contributed by atoms with E-state index in [1.165, 1.54) is 0 Å². The van der Waals surface area contributed by atoms with Crippen molar-refractivity contribution in [1.82, 2.24) is 0 Å². The van der Waals surface area contributed by atoms with Gasteiger partial charge in [-0.25, -0.2) is 4.39 Å². The van der Waals surface area contributed by atoms with E-state index >= 15 is 0 Å². The lowest BCUT2D eigenvalue weighted by molar-refractivity contribution is -0.140. The van der Waals surface area contributed by atoms with Gasteiger partial charge in [0.1, 0.15) is 5.82 Å². The van der Waals surface area contributed by atoms with Crippen molar-refractivity contribution >= 4 is 29.0 Å². The van der Waals surface area contributed by atoms with Crippen LogP contribution in [0.25, 0.3) is 0 Å². The summed E-state index contributed by atoms with van der Waals surface area (Å²) in [6.45, 7) is 0. The lowest BCUT2D eigenvalue weighted by atomic mass is 10.1. The molecule has 7 heteroatoms. The summed E-state index contributed by atoms with van der Waals surface area (Å²) < 4.78 is 49.7. The smallest absolute Gasteiger partial charge is 0.291 e. The number of carbonyl (C=O) groups is 1. The molecule has 0 amide bonds. The predicted octanol–water partition coefficient (Wildman–Crippen LogP) is 3.83. The molecule has 0 radical (unpaired) electrons. The zero-order valence-corrected chi connectivity index (χ0v) is 9.00. The van der Waals surface area contributed by atoms with Gasteiger partial charge in [0.25, 0.3) is 0 Å². The van der Waals surface area contributed by atoms with Crippen molar-refractivity contribution in [2.24, 2.45) is 0 Å². The highest BCUT2D eigenvalue weighted by Gasteiger charge is 2.34. The standard InChI is InChI=1S/C9H4Cl2F4O/c10-8(11)7(16)4-1-2-6(12)5(3-4)9(13,14)15/h1-3,8H. The molecular weight excluding hydrogens is 271 g/mol. The average Bonchev–Trinajstić information content (AvgIpc) is 2.15. The number of benzene rings is 1. The first-order valence-electron chi connectivity index (χ1n) is 3.92. The van der Waals surface area contributed by atoms with E-state index in [9.17, 15) is 22.4 Å². The number of ketones is 1. The molecule has 0 saturated heterocycles. The van der Waals surface area contributed by atoms with Crippen LogP contribution in [0.3, 0.4) is 0 Å². The highest BCUT2D eigenvalue weighted by atomic mass is 35.5. The van der Waals surface area contributed by atoms with Gasteiger partial charge in [-0.3, -0.25) is 4.79 Å². The number of hydrogen-bond acceptors (Lipinski definition) is 1. The summed E-state index contributed by atoms with van der Waals surface area (Å²) in [6, 6.07) is 1.83. The molecule has 0 bridgehead atoms. The largest absolute Gasteiger partial charge is 0.419 e. The summed E-state index contributed by atoms with van der Waals surface area (Å²) in [7, 11) is 0. The first kappa shape index (κ1) is 13.3. The van der Waals surface area contributed by atoms with E-state index in [4.69, 9.17) is 23.2 Å². The number of alkyl halides is 5. The van der Waals surface area contributed by atoms with Gasteiger partial charge in [0.05, 0.1) is 5.56 Å². The van der Waals surface area contributed by atoms with E-state index in [1.54, 1.807) is 0 Å². The molecule has 0 unspecified atom stereocenters. The fourth-order valence-corrected chi connectivity index (χ4v) is 1.27. The van der Waals surface area contributed by atoms with Crippen molar-refractivity contribution in [3.8, 4) is 0 Å². The Labute approximate surface area is 98.0 Å². The van der Waals surface area contributed by atoms with E-state index in [0.717, 1.165) is 6.07 Å². The molecule has 0 N–H and O–H groups in total. The van der Waals surface area contributed by atoms with Gasteiger partial charge < -0.3 is 0 Å². The summed E-state index contributed by atoms with van der Waals surface area (Å²) in [5.74, 6) is -2.36. The molecule has 1 aromatic carbocycles. The molecule has 0 spiro atoms. The van der Waals surface area contributed by atoms with Gasteiger partial charge in [0, 0.05) is 5.56 Å². The molecule has 0 aliphatic rings. The average molecular weight is 275 g/mol. The number of carbonyl (C=O) groups excluding carboxylic acids is 1. The molecule has 1 nitrogen and oxygen atoms in total. The normalized spacial score (nSPS) is 11.9. The fraction of sp³-hybridized carbons (Fsp3) is 0.222. The van der Waals surface area contributed by atoms with Crippen LogP contribution in [0.1, 0.15) is 15.9 Å². The summed E-state index contributed by atoms with van der Waals surface area (Å²) in [5, 5.41) is 0. The molecule has 0 atom stereocenters. The van der Waals surface area contributed by atoms with Gasteiger partial charge in [-0.05, 0) is 18.2 Å². The summed E-state index contributed by atoms with van der Waals surface area (Å²) in [5.41, 5.74) is -1.91. The maximum Gasteiger partial charge on any atom is 0.419 e. The minimum atomic E-state index is -4.87. The lowest BCUT2D eigenvalue weighted by Gasteiger charge is -2.09. The number of halogens is 6. The third-order valence-corrected chi connectivity index (χ3v) is 2.15. The summed E-state index contributed by atoms with van der Waals surface area (Å²) in [6.07, 6.45) is -4.87. The SMILES string of the molecule is O=C(c1ccc(F)c(C(F)(F)F)c1)C(Cl)Cl. The lowest BCUT2D eigenvalue weighted by Crippen LogP contribution is -2.13. The van der Waals surface area contributed by atoms with Crippen LogP contribution in [0.2, 0.25) is 0 Å². The highest BCUT2D eigenvalue weighted by Crippen LogP contribution is 2.32. The molecular formula is C9H4Cl2F4O. The first-order chi connectivity index (χ1) is 7.23. The Morgan fingerprint density at radius 1 is 1.25 bits per heavy atom. The van der Waals surface area contributed by atoms with Crippen LogP contribution in [0.15, 0.2) is 18.2 Å². The number of rotatable bonds is 2. The molecule has 0 saturated carbocycles. The molecule has 0 aliphatic heterocycles. The van der Waals surface area contributed by atoms with Crippen molar-refractivity contribution < 1.29 is 22.4 Å². The van der Waals surface area contributed by atoms with Crippen molar-refractivity contribution in [1.29, 1.82) is 0 Å². The zero-order chi connectivity index (χ0) is 12.5. The topological polar surface area (TPSA) is 17.1 Å². The predicted molar refractivity (Wildman–Crippen MR) is 51.2 cm³/mol. The minimum Gasteiger partial charge on any atom is -0.291 e. The van der Waals surface area contributed by atoms with Gasteiger partial charge in [-0.2, -0.15) is 13.2 Å². The molecule has 0 heterocycles. The second-order valence-corrected chi connectivity index (χ2v) is 3.95. The van der Waals surface area contributed by atoms with E-state index in [0.29, 0.717) is 12.1 Å². The molecule has 16 heavy (non-hydrogen) atoms. The molecule has 1 aromatic rings. The van der Waals surface area contributed by atoms with Crippen LogP contribution in [0.4, 0.5) is 17.6 Å². The molecule has 0 aliphatic carbocycles. The van der Waals surface area contributed by atoms with Gasteiger partial charge >= 0.3 is 6.18 Å². The van der Waals surface area contributed by atoms with Gasteiger partial charge in [-0.15, -0.1) is 0 Å². The molecule has 88 valence electrons. The van der Waals surface area contributed by atoms with Gasteiger partial charge in [-0.1, -0.05) is 23.2 Å². The molecule has 0 fully saturated rings. The fourth-order valence-electron chi connectivity index (χ4n) is 1.02. The maximum atomic E-state index is 12.8. The van der Waals surface area contributed by atoms with E-state index < -0.39 is 28.2 Å². The quantitative estimate of drug-likeness (QED) is 0.455. The van der Waals surface area contributed by atoms with Crippen LogP contribution in [-0.2, 0) is 6.18 Å². The Balaban J connectivity index is 3.23. The van der Waals surface area contributed by atoms with Crippen molar-refractivity contribution in [2.45, 2.75) is 11.0 Å². The van der Waals surface area contributed by atoms with E-state index in [-0.39, 0.29) is 5.56 Å². The van der Waals surface area contributed by atoms with E-state index in [1.807, 2.05) is 0 Å². The van der Waals surface area contributed by atoms with Crippen molar-refractivity contribution in [2.75, 3.05) is 0 Å². The van der Waals surface area contributed by atoms with Crippen LogP contribution in [0.5, 0.6) is 0 Å². The monoisotopic (exact) mass is 274 g/mol. The Morgan fingerprint density at radius 2 is 1.81 bits per heavy atom. The highest BCUT2D eigenvalue weighted by molar-refractivity contribution is 6.55. The molecule has 0 aromatic heterocycles. The van der Waals surface area contributed by atoms with Crippen LogP contribution >= 0.6 is 23.2 Å². The van der Waals surface area contributed by atoms with Crippen molar-refractivity contribution in [3.63, 3.8) is 0 Å². The third kappa shape index (κ3) is 2.86. The Kier molecular flexibility index (Phi) is 3.80. The second-order valence-electron chi connectivity index (χ2n) is 2.86. The number of hydrogen-bond donors (Lipinski definition) is 0.